The average molecular weight is 316 g/mol. The first-order valence-corrected chi connectivity index (χ1v) is 8.12. The molecule has 5 heteroatoms. The van der Waals surface area contributed by atoms with Crippen LogP contribution in [0, 0.1) is 0 Å². The van der Waals surface area contributed by atoms with Gasteiger partial charge in [0.25, 0.3) is 5.91 Å². The summed E-state index contributed by atoms with van der Waals surface area (Å²) in [4.78, 5) is 18.4. The number of nitrogens with one attached hydrogen (secondary N) is 2. The number of para-hydroxylation sites is 2. The monoisotopic (exact) mass is 316 g/mol. The molecule has 0 unspecified atom stereocenters. The molecule has 0 spiro atoms. The summed E-state index contributed by atoms with van der Waals surface area (Å²) < 4.78 is 0. The molecule has 2 aromatic heterocycles. The summed E-state index contributed by atoms with van der Waals surface area (Å²) in [6.45, 7) is 1.33. The van der Waals surface area contributed by atoms with Gasteiger partial charge in [-0.2, -0.15) is 5.10 Å². The topological polar surface area (TPSA) is 64.8 Å². The second-order valence-electron chi connectivity index (χ2n) is 6.22. The standard InChI is InChI=1S/C19H16N4O/c24-19(18-13-6-2-4-8-17(13)21-22-18)23-10-9-16-14(11-23)12-5-1-3-7-15(12)20-16/h1-8,20H,9-11H2,(H,21,22). The lowest BCUT2D eigenvalue weighted by atomic mass is 10.0. The van der Waals surface area contributed by atoms with E-state index in [1.807, 2.05) is 41.3 Å². The first kappa shape index (κ1) is 13.4. The number of fused-ring (bicyclic) bond motifs is 4. The number of amides is 1. The van der Waals surface area contributed by atoms with Crippen molar-refractivity contribution in [2.24, 2.45) is 0 Å². The third kappa shape index (κ3) is 1.88. The van der Waals surface area contributed by atoms with Gasteiger partial charge in [-0.15, -0.1) is 0 Å². The van der Waals surface area contributed by atoms with E-state index in [1.54, 1.807) is 0 Å². The summed E-state index contributed by atoms with van der Waals surface area (Å²) in [6.07, 6.45) is 0.845. The number of benzene rings is 2. The van der Waals surface area contributed by atoms with Gasteiger partial charge in [-0.25, -0.2) is 0 Å². The van der Waals surface area contributed by atoms with Crippen LogP contribution in [0.3, 0.4) is 0 Å². The maximum Gasteiger partial charge on any atom is 0.275 e. The van der Waals surface area contributed by atoms with Gasteiger partial charge in [0, 0.05) is 47.1 Å². The van der Waals surface area contributed by atoms with Gasteiger partial charge < -0.3 is 9.88 Å². The Balaban J connectivity index is 1.53. The third-order valence-electron chi connectivity index (χ3n) is 4.84. The average Bonchev–Trinajstić information content (AvgIpc) is 3.22. The second-order valence-corrected chi connectivity index (χ2v) is 6.22. The second kappa shape index (κ2) is 4.96. The summed E-state index contributed by atoms with van der Waals surface area (Å²) in [5.74, 6) is -0.0108. The minimum Gasteiger partial charge on any atom is -0.358 e. The van der Waals surface area contributed by atoms with Crippen LogP contribution in [0.1, 0.15) is 21.7 Å². The Labute approximate surface area is 138 Å². The molecule has 5 nitrogen and oxygen atoms in total. The molecule has 1 aliphatic heterocycles. The van der Waals surface area contributed by atoms with E-state index >= 15 is 0 Å². The number of rotatable bonds is 1. The van der Waals surface area contributed by atoms with Crippen molar-refractivity contribution in [3.63, 3.8) is 0 Å². The van der Waals surface area contributed by atoms with Crippen LogP contribution in [0.15, 0.2) is 48.5 Å². The number of hydrogen-bond acceptors (Lipinski definition) is 2. The van der Waals surface area contributed by atoms with Crippen LogP contribution in [0.5, 0.6) is 0 Å². The Kier molecular flexibility index (Phi) is 2.76. The molecular weight excluding hydrogens is 300 g/mol. The molecular formula is C19H16N4O. The molecule has 1 aliphatic rings. The predicted molar refractivity (Wildman–Crippen MR) is 92.8 cm³/mol. The molecule has 24 heavy (non-hydrogen) atoms. The number of carbonyl (C=O) groups is 1. The first-order chi connectivity index (χ1) is 11.8. The molecule has 0 saturated carbocycles. The summed E-state index contributed by atoms with van der Waals surface area (Å²) in [5.41, 5.74) is 5.01. The van der Waals surface area contributed by atoms with E-state index in [2.05, 4.69) is 27.3 Å². The fraction of sp³-hybridized carbons (Fsp3) is 0.158. The Hall–Kier alpha value is -3.08. The highest BCUT2D eigenvalue weighted by molar-refractivity contribution is 6.04. The Morgan fingerprint density at radius 2 is 1.75 bits per heavy atom. The van der Waals surface area contributed by atoms with Gasteiger partial charge in [0.2, 0.25) is 0 Å². The van der Waals surface area contributed by atoms with E-state index in [1.165, 1.54) is 16.6 Å². The van der Waals surface area contributed by atoms with Gasteiger partial charge >= 0.3 is 0 Å². The Morgan fingerprint density at radius 3 is 2.62 bits per heavy atom. The van der Waals surface area contributed by atoms with Crippen molar-refractivity contribution in [2.75, 3.05) is 6.54 Å². The van der Waals surface area contributed by atoms with E-state index in [0.717, 1.165) is 22.8 Å². The lowest BCUT2D eigenvalue weighted by molar-refractivity contribution is 0.0731. The summed E-state index contributed by atoms with van der Waals surface area (Å²) in [6, 6.07) is 16.0. The normalized spacial score (nSPS) is 14.2. The highest BCUT2D eigenvalue weighted by atomic mass is 16.2. The highest BCUT2D eigenvalue weighted by Gasteiger charge is 2.26. The van der Waals surface area contributed by atoms with Gasteiger partial charge in [-0.05, 0) is 12.1 Å². The van der Waals surface area contributed by atoms with Crippen molar-refractivity contribution < 1.29 is 4.79 Å². The lowest BCUT2D eigenvalue weighted by Crippen LogP contribution is -2.36. The molecule has 0 radical (unpaired) electrons. The predicted octanol–water partition coefficient (Wildman–Crippen LogP) is 3.24. The van der Waals surface area contributed by atoms with Crippen LogP contribution in [0.2, 0.25) is 0 Å². The fourth-order valence-electron chi connectivity index (χ4n) is 3.62. The Bertz CT molecular complexity index is 1080. The molecule has 0 atom stereocenters. The SMILES string of the molecule is O=C(c1n[nH]c2ccccc12)N1CCc2[nH]c3ccccc3c2C1. The van der Waals surface area contributed by atoms with Crippen LogP contribution < -0.4 is 0 Å². The first-order valence-electron chi connectivity index (χ1n) is 8.12. The van der Waals surface area contributed by atoms with Gasteiger partial charge in [0.05, 0.1) is 5.52 Å². The molecule has 118 valence electrons. The van der Waals surface area contributed by atoms with Crippen LogP contribution >= 0.6 is 0 Å². The number of aromatic nitrogens is 3. The van der Waals surface area contributed by atoms with Gasteiger partial charge in [-0.1, -0.05) is 36.4 Å². The molecule has 0 aliphatic carbocycles. The van der Waals surface area contributed by atoms with Crippen molar-refractivity contribution in [3.05, 3.63) is 65.5 Å². The summed E-state index contributed by atoms with van der Waals surface area (Å²) in [5, 5.41) is 9.29. The minimum atomic E-state index is -0.0108. The van der Waals surface area contributed by atoms with Crippen LogP contribution in [-0.2, 0) is 13.0 Å². The molecule has 0 bridgehead atoms. The Morgan fingerprint density at radius 1 is 1.00 bits per heavy atom. The molecule has 0 fully saturated rings. The molecule has 5 rings (SSSR count). The number of hydrogen-bond donors (Lipinski definition) is 2. The molecule has 0 saturated heterocycles. The van der Waals surface area contributed by atoms with Crippen molar-refractivity contribution in [1.82, 2.24) is 20.1 Å². The van der Waals surface area contributed by atoms with Gasteiger partial charge in [0.15, 0.2) is 5.69 Å². The summed E-state index contributed by atoms with van der Waals surface area (Å²) in [7, 11) is 0. The maximum atomic E-state index is 13.0. The number of carbonyl (C=O) groups excluding carboxylic acids is 1. The van der Waals surface area contributed by atoms with Crippen LogP contribution in [-0.4, -0.2) is 32.5 Å². The smallest absolute Gasteiger partial charge is 0.275 e. The zero-order chi connectivity index (χ0) is 16.1. The number of aromatic amines is 2. The lowest BCUT2D eigenvalue weighted by Gasteiger charge is -2.26. The third-order valence-corrected chi connectivity index (χ3v) is 4.84. The fourth-order valence-corrected chi connectivity index (χ4v) is 3.62. The minimum absolute atomic E-state index is 0.0108. The van der Waals surface area contributed by atoms with Crippen molar-refractivity contribution in [3.8, 4) is 0 Å². The van der Waals surface area contributed by atoms with E-state index in [0.29, 0.717) is 18.8 Å². The van der Waals surface area contributed by atoms with E-state index in [-0.39, 0.29) is 5.91 Å². The van der Waals surface area contributed by atoms with Gasteiger partial charge in [-0.3, -0.25) is 9.89 Å². The molecule has 2 aromatic carbocycles. The largest absolute Gasteiger partial charge is 0.358 e. The molecule has 4 aromatic rings. The zero-order valence-corrected chi connectivity index (χ0v) is 13.0. The van der Waals surface area contributed by atoms with Crippen LogP contribution in [0.4, 0.5) is 0 Å². The maximum absolute atomic E-state index is 13.0. The van der Waals surface area contributed by atoms with Crippen molar-refractivity contribution in [1.29, 1.82) is 0 Å². The number of nitrogens with zero attached hydrogens (tertiary/aromatic N) is 2. The quantitative estimate of drug-likeness (QED) is 0.566. The molecule has 3 heterocycles. The van der Waals surface area contributed by atoms with Gasteiger partial charge in [0.1, 0.15) is 0 Å². The van der Waals surface area contributed by atoms with Crippen LogP contribution in [0.25, 0.3) is 21.8 Å². The number of H-pyrrole nitrogens is 2. The van der Waals surface area contributed by atoms with E-state index in [4.69, 9.17) is 0 Å². The van der Waals surface area contributed by atoms with E-state index < -0.39 is 0 Å². The molecule has 2 N–H and O–H groups in total. The van der Waals surface area contributed by atoms with Crippen molar-refractivity contribution in [2.45, 2.75) is 13.0 Å². The van der Waals surface area contributed by atoms with E-state index in [9.17, 15) is 4.79 Å². The zero-order valence-electron chi connectivity index (χ0n) is 13.0. The highest BCUT2D eigenvalue weighted by Crippen LogP contribution is 2.28. The summed E-state index contributed by atoms with van der Waals surface area (Å²) >= 11 is 0. The molecule has 1 amide bonds. The van der Waals surface area contributed by atoms with Crippen molar-refractivity contribution >= 4 is 27.7 Å².